The molecular formula is C16H15N5O3S. The van der Waals surface area contributed by atoms with E-state index in [1.165, 1.54) is 30.5 Å². The van der Waals surface area contributed by atoms with Crippen LogP contribution in [0.5, 0.6) is 0 Å². The van der Waals surface area contributed by atoms with Crippen molar-refractivity contribution in [3.63, 3.8) is 0 Å². The normalized spacial score (nSPS) is 11.5. The first-order valence-corrected chi connectivity index (χ1v) is 8.58. The maximum atomic E-state index is 12.1. The number of anilines is 2. The number of nitriles is 1. The lowest BCUT2D eigenvalue weighted by Gasteiger charge is -2.06. The Labute approximate surface area is 145 Å². The van der Waals surface area contributed by atoms with Gasteiger partial charge in [0, 0.05) is 18.1 Å². The van der Waals surface area contributed by atoms with Crippen LogP contribution in [0, 0.1) is 18.3 Å². The third-order valence-electron chi connectivity index (χ3n) is 3.09. The summed E-state index contributed by atoms with van der Waals surface area (Å²) in [5.74, 6) is -0.149. The van der Waals surface area contributed by atoms with E-state index in [9.17, 15) is 13.2 Å². The zero-order valence-electron chi connectivity index (χ0n) is 13.2. The van der Waals surface area contributed by atoms with E-state index in [1.54, 1.807) is 18.3 Å². The predicted molar refractivity (Wildman–Crippen MR) is 92.7 cm³/mol. The molecule has 2 aromatic rings. The number of nitrogens with two attached hydrogens (primary N) is 1. The van der Waals surface area contributed by atoms with Crippen LogP contribution < -0.4 is 15.8 Å². The maximum Gasteiger partial charge on any atom is 0.267 e. The van der Waals surface area contributed by atoms with Gasteiger partial charge in [-0.25, -0.2) is 18.5 Å². The number of amides is 1. The van der Waals surface area contributed by atoms with Gasteiger partial charge in [0.1, 0.15) is 17.5 Å². The average molecular weight is 357 g/mol. The zero-order chi connectivity index (χ0) is 18.4. The number of nitrogens with one attached hydrogen (secondary N) is 2. The molecule has 128 valence electrons. The minimum absolute atomic E-state index is 0.0752. The van der Waals surface area contributed by atoms with Gasteiger partial charge in [-0.1, -0.05) is 0 Å². The van der Waals surface area contributed by atoms with Gasteiger partial charge in [-0.2, -0.15) is 5.26 Å². The summed E-state index contributed by atoms with van der Waals surface area (Å²) in [5, 5.41) is 19.4. The van der Waals surface area contributed by atoms with Crippen LogP contribution in [0.3, 0.4) is 0 Å². The van der Waals surface area contributed by atoms with Crippen LogP contribution in [0.4, 0.5) is 11.5 Å². The van der Waals surface area contributed by atoms with E-state index in [0.717, 1.165) is 5.56 Å². The molecule has 0 atom stereocenters. The smallest absolute Gasteiger partial charge is 0.267 e. The molecule has 2 rings (SSSR count). The molecule has 0 bridgehead atoms. The SMILES string of the molecule is Cc1ccnc(N/C=C(/C#N)C(=O)Nc2ccc(S(N)(=O)=O)cc2)c1. The third kappa shape index (κ3) is 5.13. The number of sulfonamides is 1. The molecule has 8 nitrogen and oxygen atoms in total. The Bertz CT molecular complexity index is 960. The predicted octanol–water partition coefficient (Wildman–Crippen LogP) is 1.50. The van der Waals surface area contributed by atoms with Crippen molar-refractivity contribution < 1.29 is 13.2 Å². The summed E-state index contributed by atoms with van der Waals surface area (Å²) in [6, 6.07) is 10.6. The minimum Gasteiger partial charge on any atom is -0.345 e. The number of primary sulfonamides is 1. The fourth-order valence-electron chi connectivity index (χ4n) is 1.84. The first-order valence-electron chi connectivity index (χ1n) is 7.03. The van der Waals surface area contributed by atoms with Gasteiger partial charge in [0.2, 0.25) is 10.0 Å². The van der Waals surface area contributed by atoms with Crippen LogP contribution in [0.25, 0.3) is 0 Å². The summed E-state index contributed by atoms with van der Waals surface area (Å²) in [6.45, 7) is 1.89. The molecule has 0 aliphatic carbocycles. The van der Waals surface area contributed by atoms with Crippen LogP contribution in [0.2, 0.25) is 0 Å². The van der Waals surface area contributed by atoms with Gasteiger partial charge in [-0.05, 0) is 48.9 Å². The number of benzene rings is 1. The Balaban J connectivity index is 2.09. The second kappa shape index (κ2) is 7.57. The molecule has 4 N–H and O–H groups in total. The number of nitrogens with zero attached hydrogens (tertiary/aromatic N) is 2. The molecule has 0 saturated carbocycles. The zero-order valence-corrected chi connectivity index (χ0v) is 14.0. The summed E-state index contributed by atoms with van der Waals surface area (Å²) in [5.41, 5.74) is 1.13. The van der Waals surface area contributed by atoms with E-state index in [-0.39, 0.29) is 10.5 Å². The average Bonchev–Trinajstić information content (AvgIpc) is 2.55. The number of hydrogen-bond donors (Lipinski definition) is 3. The van der Waals surface area contributed by atoms with Gasteiger partial charge in [-0.3, -0.25) is 4.79 Å². The quantitative estimate of drug-likeness (QED) is 0.547. The minimum atomic E-state index is -3.81. The highest BCUT2D eigenvalue weighted by atomic mass is 32.2. The molecule has 25 heavy (non-hydrogen) atoms. The number of carbonyl (C=O) groups excluding carboxylic acids is 1. The van der Waals surface area contributed by atoms with Crippen LogP contribution in [0.15, 0.2) is 59.3 Å². The number of hydrogen-bond acceptors (Lipinski definition) is 6. The summed E-state index contributed by atoms with van der Waals surface area (Å²) in [4.78, 5) is 16.1. The van der Waals surface area contributed by atoms with Crippen LogP contribution in [0.1, 0.15) is 5.56 Å². The van der Waals surface area contributed by atoms with Crippen molar-refractivity contribution in [1.82, 2.24) is 4.98 Å². The van der Waals surface area contributed by atoms with Gasteiger partial charge >= 0.3 is 0 Å². The van der Waals surface area contributed by atoms with Crippen molar-refractivity contribution in [3.05, 3.63) is 59.9 Å². The largest absolute Gasteiger partial charge is 0.345 e. The molecule has 1 heterocycles. The summed E-state index contributed by atoms with van der Waals surface area (Å²) in [6.07, 6.45) is 2.85. The number of rotatable bonds is 5. The molecule has 9 heteroatoms. The van der Waals surface area contributed by atoms with Gasteiger partial charge < -0.3 is 10.6 Å². The molecule has 0 fully saturated rings. The van der Waals surface area contributed by atoms with Crippen molar-refractivity contribution in [2.24, 2.45) is 5.14 Å². The number of carbonyl (C=O) groups is 1. The van der Waals surface area contributed by atoms with Crippen molar-refractivity contribution >= 4 is 27.4 Å². The lowest BCUT2D eigenvalue weighted by molar-refractivity contribution is -0.112. The topological polar surface area (TPSA) is 138 Å². The molecule has 1 amide bonds. The summed E-state index contributed by atoms with van der Waals surface area (Å²) in [7, 11) is -3.81. The molecule has 1 aromatic heterocycles. The molecule has 1 aromatic carbocycles. The Morgan fingerprint density at radius 3 is 2.52 bits per heavy atom. The molecule has 0 radical (unpaired) electrons. The number of aromatic nitrogens is 1. The number of pyridine rings is 1. The molecule has 0 saturated heterocycles. The van der Waals surface area contributed by atoms with Crippen molar-refractivity contribution in [3.8, 4) is 6.07 Å². The second-order valence-electron chi connectivity index (χ2n) is 5.06. The first kappa shape index (κ1) is 18.1. The van der Waals surface area contributed by atoms with Gasteiger partial charge in [0.15, 0.2) is 0 Å². The monoisotopic (exact) mass is 357 g/mol. The Hall–Kier alpha value is -3.22. The van der Waals surface area contributed by atoms with E-state index in [0.29, 0.717) is 11.5 Å². The molecule has 0 aliphatic rings. The van der Waals surface area contributed by atoms with Gasteiger partial charge in [0.25, 0.3) is 5.91 Å². The van der Waals surface area contributed by atoms with E-state index >= 15 is 0 Å². The highest BCUT2D eigenvalue weighted by Crippen LogP contribution is 2.14. The third-order valence-corrected chi connectivity index (χ3v) is 4.01. The highest BCUT2D eigenvalue weighted by molar-refractivity contribution is 7.89. The van der Waals surface area contributed by atoms with Crippen LogP contribution in [-0.2, 0) is 14.8 Å². The van der Waals surface area contributed by atoms with Gasteiger partial charge in [-0.15, -0.1) is 0 Å². The standard InChI is InChI=1S/C16H15N5O3S/c1-11-6-7-19-15(8-11)20-10-12(9-17)16(22)21-13-2-4-14(5-3-13)25(18,23)24/h2-8,10H,1H3,(H,19,20)(H,21,22)(H2,18,23,24)/b12-10-. The van der Waals surface area contributed by atoms with Crippen molar-refractivity contribution in [2.45, 2.75) is 11.8 Å². The fourth-order valence-corrected chi connectivity index (χ4v) is 2.35. The van der Waals surface area contributed by atoms with E-state index in [1.807, 2.05) is 13.0 Å². The molecule has 0 spiro atoms. The Morgan fingerprint density at radius 2 is 1.96 bits per heavy atom. The Morgan fingerprint density at radius 1 is 1.28 bits per heavy atom. The van der Waals surface area contributed by atoms with Crippen LogP contribution in [-0.4, -0.2) is 19.3 Å². The molecular weight excluding hydrogens is 342 g/mol. The highest BCUT2D eigenvalue weighted by Gasteiger charge is 2.11. The lowest BCUT2D eigenvalue weighted by atomic mass is 10.2. The van der Waals surface area contributed by atoms with Crippen LogP contribution >= 0.6 is 0 Å². The number of aryl methyl sites for hydroxylation is 1. The van der Waals surface area contributed by atoms with Crippen molar-refractivity contribution in [1.29, 1.82) is 5.26 Å². The molecule has 0 aliphatic heterocycles. The maximum absolute atomic E-state index is 12.1. The summed E-state index contributed by atoms with van der Waals surface area (Å²) >= 11 is 0. The Kier molecular flexibility index (Phi) is 5.49. The first-order chi connectivity index (χ1) is 11.8. The fraction of sp³-hybridized carbons (Fsp3) is 0.0625. The van der Waals surface area contributed by atoms with E-state index in [2.05, 4.69) is 15.6 Å². The molecule has 0 unspecified atom stereocenters. The van der Waals surface area contributed by atoms with Gasteiger partial charge in [0.05, 0.1) is 4.90 Å². The summed E-state index contributed by atoms with van der Waals surface area (Å²) < 4.78 is 22.4. The lowest BCUT2D eigenvalue weighted by Crippen LogP contribution is -2.15. The van der Waals surface area contributed by atoms with E-state index in [4.69, 9.17) is 10.4 Å². The second-order valence-corrected chi connectivity index (χ2v) is 6.62. The van der Waals surface area contributed by atoms with Crippen molar-refractivity contribution in [2.75, 3.05) is 10.6 Å². The van der Waals surface area contributed by atoms with E-state index < -0.39 is 15.9 Å².